The van der Waals surface area contributed by atoms with Crippen molar-refractivity contribution >= 4 is 12.0 Å². The van der Waals surface area contributed by atoms with Crippen LogP contribution < -0.4 is 4.74 Å². The molecule has 0 aliphatic carbocycles. The molecule has 0 spiro atoms. The molecule has 6 nitrogen and oxygen atoms in total. The molecule has 0 aromatic heterocycles. The lowest BCUT2D eigenvalue weighted by Crippen LogP contribution is -2.51. The molecule has 0 unspecified atom stereocenters. The Morgan fingerprint density at radius 3 is 2.17 bits per heavy atom. The Balaban J connectivity index is 1.40. The zero-order valence-electron chi connectivity index (χ0n) is 14.0. The lowest BCUT2D eigenvalue weighted by atomic mass is 10.2. The van der Waals surface area contributed by atoms with Gasteiger partial charge in [0, 0.05) is 39.1 Å². The number of piperazine rings is 1. The van der Waals surface area contributed by atoms with Crippen LogP contribution in [0.5, 0.6) is 5.75 Å². The minimum absolute atomic E-state index is 0.193. The molecule has 2 aliphatic heterocycles. The number of carbonyl (C=O) groups excluding carboxylic acids is 2. The molecule has 3 rings (SSSR count). The molecule has 1 aromatic carbocycles. The topological polar surface area (TPSA) is 53.1 Å². The fourth-order valence-corrected chi connectivity index (χ4v) is 3.21. The van der Waals surface area contributed by atoms with Crippen molar-refractivity contribution in [3.63, 3.8) is 0 Å². The van der Waals surface area contributed by atoms with Crippen LogP contribution in [0.15, 0.2) is 30.3 Å². The Bertz CT molecular complexity index is 550. The fourth-order valence-electron chi connectivity index (χ4n) is 3.21. The van der Waals surface area contributed by atoms with Gasteiger partial charge in [0.05, 0.1) is 0 Å². The monoisotopic (exact) mass is 331 g/mol. The number of likely N-dealkylation sites (tertiary alicyclic amines) is 1. The van der Waals surface area contributed by atoms with Crippen molar-refractivity contribution in [3.05, 3.63) is 30.3 Å². The predicted octanol–water partition coefficient (Wildman–Crippen LogP) is 1.82. The molecule has 1 aromatic rings. The average molecular weight is 331 g/mol. The van der Waals surface area contributed by atoms with Crippen molar-refractivity contribution in [2.24, 2.45) is 0 Å². The van der Waals surface area contributed by atoms with Gasteiger partial charge in [0.1, 0.15) is 5.75 Å². The highest BCUT2D eigenvalue weighted by atomic mass is 16.6. The standard InChI is InChI=1S/C18H25N3O3/c22-17(8-11-19-9-4-5-10-19)20-12-14-21(15-13-20)18(23)24-16-6-2-1-3-7-16/h1-3,6-7H,4-5,8-15H2. The van der Waals surface area contributed by atoms with Gasteiger partial charge in [0.25, 0.3) is 0 Å². The van der Waals surface area contributed by atoms with Crippen LogP contribution in [-0.2, 0) is 4.79 Å². The van der Waals surface area contributed by atoms with E-state index in [1.54, 1.807) is 17.0 Å². The van der Waals surface area contributed by atoms with Crippen LogP contribution in [0.2, 0.25) is 0 Å². The molecule has 2 fully saturated rings. The summed E-state index contributed by atoms with van der Waals surface area (Å²) in [6, 6.07) is 9.06. The highest BCUT2D eigenvalue weighted by Crippen LogP contribution is 2.13. The number of para-hydroxylation sites is 1. The molecule has 2 saturated heterocycles. The van der Waals surface area contributed by atoms with E-state index in [0.29, 0.717) is 38.3 Å². The van der Waals surface area contributed by atoms with Gasteiger partial charge in [0.15, 0.2) is 0 Å². The van der Waals surface area contributed by atoms with Crippen molar-refractivity contribution in [2.75, 3.05) is 45.8 Å². The summed E-state index contributed by atoms with van der Waals surface area (Å²) >= 11 is 0. The first-order valence-electron chi connectivity index (χ1n) is 8.74. The van der Waals surface area contributed by atoms with Gasteiger partial charge in [-0.3, -0.25) is 4.79 Å². The van der Waals surface area contributed by atoms with E-state index in [1.165, 1.54) is 12.8 Å². The number of rotatable bonds is 4. The molecule has 0 N–H and O–H groups in total. The molecule has 0 saturated carbocycles. The highest BCUT2D eigenvalue weighted by Gasteiger charge is 2.25. The second-order valence-electron chi connectivity index (χ2n) is 6.35. The SMILES string of the molecule is O=C(CCN1CCCC1)N1CCN(C(=O)Oc2ccccc2)CC1. The second kappa shape index (κ2) is 8.15. The van der Waals surface area contributed by atoms with Gasteiger partial charge in [-0.2, -0.15) is 0 Å². The van der Waals surface area contributed by atoms with Gasteiger partial charge in [0.2, 0.25) is 5.91 Å². The van der Waals surface area contributed by atoms with Crippen molar-refractivity contribution in [1.82, 2.24) is 14.7 Å². The largest absolute Gasteiger partial charge is 0.415 e. The normalized spacial score (nSPS) is 18.7. The Kier molecular flexibility index (Phi) is 5.69. The molecule has 0 bridgehead atoms. The van der Waals surface area contributed by atoms with Crippen molar-refractivity contribution in [3.8, 4) is 5.75 Å². The average Bonchev–Trinajstić information content (AvgIpc) is 3.14. The van der Waals surface area contributed by atoms with Crippen LogP contribution in [0.3, 0.4) is 0 Å². The van der Waals surface area contributed by atoms with Crippen LogP contribution in [0.25, 0.3) is 0 Å². The van der Waals surface area contributed by atoms with Crippen molar-refractivity contribution in [2.45, 2.75) is 19.3 Å². The van der Waals surface area contributed by atoms with Crippen LogP contribution in [0.1, 0.15) is 19.3 Å². The Morgan fingerprint density at radius 2 is 1.50 bits per heavy atom. The third kappa shape index (κ3) is 4.47. The predicted molar refractivity (Wildman–Crippen MR) is 90.9 cm³/mol. The fraction of sp³-hybridized carbons (Fsp3) is 0.556. The summed E-state index contributed by atoms with van der Waals surface area (Å²) in [5.74, 6) is 0.740. The summed E-state index contributed by atoms with van der Waals surface area (Å²) < 4.78 is 5.34. The zero-order chi connectivity index (χ0) is 16.8. The van der Waals surface area contributed by atoms with Crippen molar-refractivity contribution < 1.29 is 14.3 Å². The summed E-state index contributed by atoms with van der Waals surface area (Å²) in [5.41, 5.74) is 0. The molecule has 2 heterocycles. The Labute approximate surface area is 143 Å². The number of nitrogens with zero attached hydrogens (tertiary/aromatic N) is 3. The van der Waals surface area contributed by atoms with Crippen molar-refractivity contribution in [1.29, 1.82) is 0 Å². The van der Waals surface area contributed by atoms with E-state index in [2.05, 4.69) is 4.90 Å². The van der Waals surface area contributed by atoms with E-state index in [9.17, 15) is 9.59 Å². The number of ether oxygens (including phenoxy) is 1. The smallest absolute Gasteiger partial charge is 0.410 e. The van der Waals surface area contributed by atoms with Gasteiger partial charge in [-0.15, -0.1) is 0 Å². The number of carbonyl (C=O) groups is 2. The molecule has 6 heteroatoms. The molecule has 130 valence electrons. The van der Waals surface area contributed by atoms with E-state index in [4.69, 9.17) is 4.74 Å². The summed E-state index contributed by atoms with van der Waals surface area (Å²) in [4.78, 5) is 30.3. The van der Waals surface area contributed by atoms with Gasteiger partial charge >= 0.3 is 6.09 Å². The van der Waals surface area contributed by atoms with Gasteiger partial charge in [-0.05, 0) is 38.1 Å². The second-order valence-corrected chi connectivity index (χ2v) is 6.35. The van der Waals surface area contributed by atoms with E-state index >= 15 is 0 Å². The van der Waals surface area contributed by atoms with Crippen LogP contribution in [-0.4, -0.2) is 72.5 Å². The van der Waals surface area contributed by atoms with Gasteiger partial charge in [-0.25, -0.2) is 4.79 Å². The van der Waals surface area contributed by atoms with Crippen LogP contribution in [0.4, 0.5) is 4.79 Å². The van der Waals surface area contributed by atoms with Crippen LogP contribution in [0, 0.1) is 0 Å². The first-order valence-corrected chi connectivity index (χ1v) is 8.74. The number of amides is 2. The third-order valence-corrected chi connectivity index (χ3v) is 4.68. The molecular weight excluding hydrogens is 306 g/mol. The maximum atomic E-state index is 12.3. The Hall–Kier alpha value is -2.08. The molecule has 0 atom stereocenters. The van der Waals surface area contributed by atoms with E-state index in [1.807, 2.05) is 23.1 Å². The maximum absolute atomic E-state index is 12.3. The third-order valence-electron chi connectivity index (χ3n) is 4.68. The summed E-state index contributed by atoms with van der Waals surface area (Å²) in [6.07, 6.45) is 2.73. The lowest BCUT2D eigenvalue weighted by molar-refractivity contribution is -0.133. The van der Waals surface area contributed by atoms with E-state index in [-0.39, 0.29) is 12.0 Å². The first kappa shape index (κ1) is 16.8. The number of benzene rings is 1. The van der Waals surface area contributed by atoms with E-state index < -0.39 is 0 Å². The molecular formula is C18H25N3O3. The molecule has 0 radical (unpaired) electrons. The minimum atomic E-state index is -0.342. The molecule has 2 amide bonds. The number of hydrogen-bond donors (Lipinski definition) is 0. The maximum Gasteiger partial charge on any atom is 0.415 e. The van der Waals surface area contributed by atoms with E-state index in [0.717, 1.165) is 19.6 Å². The summed E-state index contributed by atoms with van der Waals surface area (Å²) in [5, 5.41) is 0. The van der Waals surface area contributed by atoms with Gasteiger partial charge in [-0.1, -0.05) is 18.2 Å². The highest BCUT2D eigenvalue weighted by molar-refractivity contribution is 5.77. The lowest BCUT2D eigenvalue weighted by Gasteiger charge is -2.34. The number of hydrogen-bond acceptors (Lipinski definition) is 4. The Morgan fingerprint density at radius 1 is 0.875 bits per heavy atom. The summed E-state index contributed by atoms with van der Waals surface area (Å²) in [7, 11) is 0. The quantitative estimate of drug-likeness (QED) is 0.844. The molecule has 24 heavy (non-hydrogen) atoms. The molecule has 2 aliphatic rings. The zero-order valence-corrected chi connectivity index (χ0v) is 14.0. The summed E-state index contributed by atoms with van der Waals surface area (Å²) in [6.45, 7) is 5.32. The first-order chi connectivity index (χ1) is 11.7. The van der Waals surface area contributed by atoms with Crippen LogP contribution >= 0.6 is 0 Å². The van der Waals surface area contributed by atoms with Gasteiger partial charge < -0.3 is 19.4 Å². The minimum Gasteiger partial charge on any atom is -0.410 e.